The van der Waals surface area contributed by atoms with Crippen LogP contribution in [0.3, 0.4) is 0 Å². The first-order chi connectivity index (χ1) is 4.72. The van der Waals surface area contributed by atoms with E-state index in [9.17, 15) is 0 Å². The molecule has 0 saturated heterocycles. The van der Waals surface area contributed by atoms with E-state index in [4.69, 9.17) is 5.26 Å². The van der Waals surface area contributed by atoms with Crippen molar-refractivity contribution in [3.63, 3.8) is 0 Å². The van der Waals surface area contributed by atoms with Crippen LogP contribution in [0.25, 0.3) is 0 Å². The van der Waals surface area contributed by atoms with Crippen LogP contribution in [0, 0.1) is 13.8 Å². The Labute approximate surface area is 60.0 Å². The highest BCUT2D eigenvalue weighted by molar-refractivity contribution is 5.32. The molecule has 0 amide bonds. The Balaban J connectivity index is 3.06. The van der Waals surface area contributed by atoms with E-state index in [1.807, 2.05) is 19.9 Å². The number of aryl methyl sites for hydroxylation is 2. The summed E-state index contributed by atoms with van der Waals surface area (Å²) in [7, 11) is 0. The van der Waals surface area contributed by atoms with E-state index in [1.165, 1.54) is 0 Å². The van der Waals surface area contributed by atoms with Crippen LogP contribution in [0.2, 0.25) is 0 Å². The molecular weight excluding hydrogens is 128 g/mol. The zero-order chi connectivity index (χ0) is 7.56. The Morgan fingerprint density at radius 2 is 1.60 bits per heavy atom. The van der Waals surface area contributed by atoms with Crippen molar-refractivity contribution in [2.24, 2.45) is 0 Å². The van der Waals surface area contributed by atoms with E-state index in [0.29, 0.717) is 5.75 Å². The average molecular weight is 138 g/mol. The molecule has 0 aliphatic carbocycles. The van der Waals surface area contributed by atoms with Crippen LogP contribution in [0.15, 0.2) is 18.2 Å². The number of hydrogen-bond donors (Lipinski definition) is 1. The zero-order valence-electron chi connectivity index (χ0n) is 6.09. The van der Waals surface area contributed by atoms with Gasteiger partial charge in [-0.3, -0.25) is 0 Å². The molecule has 1 rings (SSSR count). The quantitative estimate of drug-likeness (QED) is 0.476. The summed E-state index contributed by atoms with van der Waals surface area (Å²) in [6.45, 7) is 3.91. The Morgan fingerprint density at radius 1 is 1.10 bits per heavy atom. The predicted molar refractivity (Wildman–Crippen MR) is 39.2 cm³/mol. The standard InChI is InChI=1S/C8H10O2/c1-6-3-7(2)5-8(4-6)10-9/h3-5,9H,1-2H3. The number of hydrogen-bond acceptors (Lipinski definition) is 2. The minimum absolute atomic E-state index is 0.498. The van der Waals surface area contributed by atoms with E-state index in [2.05, 4.69) is 4.89 Å². The fourth-order valence-corrected chi connectivity index (χ4v) is 0.986. The molecule has 10 heavy (non-hydrogen) atoms. The van der Waals surface area contributed by atoms with E-state index in [1.54, 1.807) is 12.1 Å². The molecule has 2 heteroatoms. The Morgan fingerprint density at radius 3 is 2.00 bits per heavy atom. The summed E-state index contributed by atoms with van der Waals surface area (Å²) in [5.41, 5.74) is 2.17. The van der Waals surface area contributed by atoms with Crippen LogP contribution in [0.1, 0.15) is 11.1 Å². The molecule has 0 atom stereocenters. The van der Waals surface area contributed by atoms with Gasteiger partial charge in [-0.2, -0.15) is 0 Å². The third-order valence-corrected chi connectivity index (χ3v) is 1.30. The SMILES string of the molecule is Cc1cc(C)cc(OO)c1. The van der Waals surface area contributed by atoms with Crippen molar-refractivity contribution in [1.29, 1.82) is 0 Å². The molecule has 0 bridgehead atoms. The van der Waals surface area contributed by atoms with Gasteiger partial charge in [0.1, 0.15) is 0 Å². The third kappa shape index (κ3) is 1.48. The molecule has 0 aliphatic rings. The number of benzene rings is 1. The fraction of sp³-hybridized carbons (Fsp3) is 0.250. The molecule has 1 aromatic carbocycles. The summed E-state index contributed by atoms with van der Waals surface area (Å²) in [5.74, 6) is 0.498. The zero-order valence-corrected chi connectivity index (χ0v) is 6.09. The van der Waals surface area contributed by atoms with Gasteiger partial charge in [0.25, 0.3) is 0 Å². The lowest BCUT2D eigenvalue weighted by Gasteiger charge is -1.99. The summed E-state index contributed by atoms with van der Waals surface area (Å²) in [6, 6.07) is 5.56. The summed E-state index contributed by atoms with van der Waals surface area (Å²) >= 11 is 0. The molecule has 0 spiro atoms. The van der Waals surface area contributed by atoms with Crippen LogP contribution >= 0.6 is 0 Å². The molecule has 1 aromatic rings. The van der Waals surface area contributed by atoms with Crippen LogP contribution in [0.5, 0.6) is 5.75 Å². The molecule has 0 radical (unpaired) electrons. The van der Waals surface area contributed by atoms with Crippen LogP contribution < -0.4 is 4.89 Å². The first kappa shape index (κ1) is 7.09. The van der Waals surface area contributed by atoms with Gasteiger partial charge < -0.3 is 4.89 Å². The van der Waals surface area contributed by atoms with Crippen molar-refractivity contribution in [1.82, 2.24) is 0 Å². The molecule has 2 nitrogen and oxygen atoms in total. The van der Waals surface area contributed by atoms with Gasteiger partial charge in [-0.05, 0) is 37.1 Å². The fourth-order valence-electron chi connectivity index (χ4n) is 0.986. The Kier molecular flexibility index (Phi) is 1.92. The molecule has 0 heterocycles. The molecule has 0 unspecified atom stereocenters. The summed E-state index contributed by atoms with van der Waals surface area (Å²) < 4.78 is 0. The lowest BCUT2D eigenvalue weighted by Crippen LogP contribution is -1.85. The summed E-state index contributed by atoms with van der Waals surface area (Å²) in [6.07, 6.45) is 0. The van der Waals surface area contributed by atoms with E-state index in [0.717, 1.165) is 11.1 Å². The molecule has 0 aliphatic heterocycles. The van der Waals surface area contributed by atoms with Gasteiger partial charge in [0.05, 0.1) is 0 Å². The highest BCUT2D eigenvalue weighted by Gasteiger charge is 1.93. The van der Waals surface area contributed by atoms with Gasteiger partial charge in [-0.25, -0.2) is 5.26 Å². The van der Waals surface area contributed by atoms with Crippen LogP contribution in [-0.2, 0) is 0 Å². The lowest BCUT2D eigenvalue weighted by atomic mass is 10.1. The highest BCUT2D eigenvalue weighted by Crippen LogP contribution is 2.14. The highest BCUT2D eigenvalue weighted by atomic mass is 17.1. The van der Waals surface area contributed by atoms with Gasteiger partial charge >= 0.3 is 0 Å². The minimum atomic E-state index is 0.498. The average Bonchev–Trinajstić information content (AvgIpc) is 1.85. The summed E-state index contributed by atoms with van der Waals surface area (Å²) in [5, 5.41) is 8.29. The second-order valence-electron chi connectivity index (χ2n) is 2.41. The van der Waals surface area contributed by atoms with Gasteiger partial charge in [0.2, 0.25) is 0 Å². The molecule has 54 valence electrons. The maximum atomic E-state index is 8.29. The normalized spacial score (nSPS) is 9.50. The second-order valence-corrected chi connectivity index (χ2v) is 2.41. The Hall–Kier alpha value is -1.02. The first-order valence-corrected chi connectivity index (χ1v) is 3.12. The Bertz CT molecular complexity index is 210. The van der Waals surface area contributed by atoms with Crippen molar-refractivity contribution in [2.45, 2.75) is 13.8 Å². The summed E-state index contributed by atoms with van der Waals surface area (Å²) in [4.78, 5) is 4.08. The van der Waals surface area contributed by atoms with Crippen molar-refractivity contribution in [3.05, 3.63) is 29.3 Å². The van der Waals surface area contributed by atoms with Gasteiger partial charge in [-0.15, -0.1) is 0 Å². The van der Waals surface area contributed by atoms with E-state index < -0.39 is 0 Å². The largest absolute Gasteiger partial charge is 0.340 e. The van der Waals surface area contributed by atoms with Gasteiger partial charge in [0, 0.05) is 0 Å². The van der Waals surface area contributed by atoms with Crippen molar-refractivity contribution in [2.75, 3.05) is 0 Å². The topological polar surface area (TPSA) is 29.5 Å². The third-order valence-electron chi connectivity index (χ3n) is 1.30. The maximum absolute atomic E-state index is 8.29. The van der Waals surface area contributed by atoms with Crippen LogP contribution in [-0.4, -0.2) is 5.26 Å². The maximum Gasteiger partial charge on any atom is 0.165 e. The molecule has 0 aromatic heterocycles. The van der Waals surface area contributed by atoms with Crippen molar-refractivity contribution >= 4 is 0 Å². The predicted octanol–water partition coefficient (Wildman–Crippen LogP) is 2.16. The molecular formula is C8H10O2. The van der Waals surface area contributed by atoms with Gasteiger partial charge in [-0.1, -0.05) is 6.07 Å². The van der Waals surface area contributed by atoms with Gasteiger partial charge in [0.15, 0.2) is 5.75 Å². The van der Waals surface area contributed by atoms with Crippen molar-refractivity contribution in [3.8, 4) is 5.75 Å². The molecule has 0 fully saturated rings. The first-order valence-electron chi connectivity index (χ1n) is 3.12. The van der Waals surface area contributed by atoms with E-state index in [-0.39, 0.29) is 0 Å². The van der Waals surface area contributed by atoms with Crippen molar-refractivity contribution < 1.29 is 10.1 Å². The molecule has 1 N–H and O–H groups in total. The number of rotatable bonds is 1. The van der Waals surface area contributed by atoms with Crippen LogP contribution in [0.4, 0.5) is 0 Å². The molecule has 0 saturated carbocycles. The van der Waals surface area contributed by atoms with E-state index >= 15 is 0 Å². The second kappa shape index (κ2) is 2.71. The smallest absolute Gasteiger partial charge is 0.165 e. The lowest BCUT2D eigenvalue weighted by molar-refractivity contribution is -0.137. The monoisotopic (exact) mass is 138 g/mol. The minimum Gasteiger partial charge on any atom is -0.340 e.